The van der Waals surface area contributed by atoms with E-state index < -0.39 is 11.3 Å². The molecule has 1 N–H and O–H groups in total. The molecule has 1 unspecified atom stereocenters. The number of nitrogens with zero attached hydrogens (tertiary/aromatic N) is 3. The van der Waals surface area contributed by atoms with Gasteiger partial charge in [-0.25, -0.2) is 18.5 Å². The molecule has 0 radical (unpaired) electrons. The number of pyridine rings is 2. The quantitative estimate of drug-likeness (QED) is 0.574. The van der Waals surface area contributed by atoms with E-state index in [1.807, 2.05) is 0 Å². The van der Waals surface area contributed by atoms with Crippen LogP contribution in [0.3, 0.4) is 0 Å². The van der Waals surface area contributed by atoms with E-state index in [0.29, 0.717) is 17.1 Å². The number of Topliss-reactive ketones (excluding diaryl/α,β-unsaturated/α-hetero) is 1. The van der Waals surface area contributed by atoms with Crippen molar-refractivity contribution in [3.8, 4) is 5.88 Å². The number of rotatable bonds is 7. The van der Waals surface area contributed by atoms with E-state index in [2.05, 4.69) is 9.97 Å². The lowest BCUT2D eigenvalue weighted by molar-refractivity contribution is -0.109. The van der Waals surface area contributed by atoms with Crippen LogP contribution < -0.4 is 9.04 Å². The molecule has 2 rings (SSSR count). The Morgan fingerprint density at radius 2 is 2.00 bits per heavy atom. The van der Waals surface area contributed by atoms with Gasteiger partial charge in [0.25, 0.3) is 11.3 Å². The number of ketones is 1. The van der Waals surface area contributed by atoms with E-state index >= 15 is 0 Å². The summed E-state index contributed by atoms with van der Waals surface area (Å²) in [4.78, 5) is 30.9. The number of hydrogen-bond donors (Lipinski definition) is 1. The third-order valence-corrected chi connectivity index (χ3v) is 4.53. The number of carbonyl (C=O) groups is 2. The van der Waals surface area contributed by atoms with E-state index in [9.17, 15) is 18.4 Å². The first-order chi connectivity index (χ1) is 11.9. The number of thioether (sulfide) groups is 1. The first-order valence-electron chi connectivity index (χ1n) is 6.96. The second kappa shape index (κ2) is 8.70. The summed E-state index contributed by atoms with van der Waals surface area (Å²) in [5, 5.41) is -0.146. The van der Waals surface area contributed by atoms with E-state index in [-0.39, 0.29) is 22.5 Å². The normalized spacial score (nSPS) is 11.6. The van der Waals surface area contributed by atoms with Crippen molar-refractivity contribution in [2.45, 2.75) is 6.92 Å². The molecule has 0 fully saturated rings. The van der Waals surface area contributed by atoms with Crippen LogP contribution in [0, 0.1) is 0 Å². The van der Waals surface area contributed by atoms with Crippen LogP contribution in [0.4, 0.5) is 11.5 Å². The number of hydrogen-bond acceptors (Lipinski definition) is 7. The van der Waals surface area contributed by atoms with Crippen molar-refractivity contribution >= 4 is 45.4 Å². The summed E-state index contributed by atoms with van der Waals surface area (Å²) < 4.78 is 27.2. The minimum Gasteiger partial charge on any atom is -0.481 e. The number of carbonyl (C=O) groups excluding carboxylic acids is 2. The highest BCUT2D eigenvalue weighted by atomic mass is 32.2. The fourth-order valence-corrected chi connectivity index (χ4v) is 2.89. The fraction of sp³-hybridized carbons (Fsp3) is 0.200. The van der Waals surface area contributed by atoms with Crippen molar-refractivity contribution in [1.82, 2.24) is 9.97 Å². The molecule has 0 aliphatic heterocycles. The maximum absolute atomic E-state index is 11.9. The molecule has 25 heavy (non-hydrogen) atoms. The van der Waals surface area contributed by atoms with Gasteiger partial charge in [0.2, 0.25) is 5.88 Å². The molecule has 0 saturated heterocycles. The number of ether oxygens (including phenoxy) is 1. The van der Waals surface area contributed by atoms with E-state index in [0.717, 1.165) is 16.1 Å². The molecule has 2 aromatic heterocycles. The van der Waals surface area contributed by atoms with Crippen LogP contribution in [0.15, 0.2) is 36.7 Å². The van der Waals surface area contributed by atoms with Gasteiger partial charge in [-0.15, -0.1) is 0 Å². The highest BCUT2D eigenvalue weighted by Gasteiger charge is 2.18. The summed E-state index contributed by atoms with van der Waals surface area (Å²) in [5.74, 6) is 0.309. The largest absolute Gasteiger partial charge is 0.481 e. The molecule has 0 bridgehead atoms. The van der Waals surface area contributed by atoms with Gasteiger partial charge in [-0.05, 0) is 18.2 Å². The monoisotopic (exact) mass is 381 g/mol. The van der Waals surface area contributed by atoms with Crippen LogP contribution in [-0.2, 0) is 16.1 Å². The summed E-state index contributed by atoms with van der Waals surface area (Å²) in [6.45, 7) is 1.39. The molecule has 0 spiro atoms. The zero-order chi connectivity index (χ0) is 18.4. The van der Waals surface area contributed by atoms with Crippen LogP contribution in [0.1, 0.15) is 17.3 Å². The highest BCUT2D eigenvalue weighted by Crippen LogP contribution is 2.25. The Bertz CT molecular complexity index is 781. The Kier molecular flexibility index (Phi) is 6.62. The van der Waals surface area contributed by atoms with E-state index in [4.69, 9.17) is 4.74 Å². The molecule has 0 saturated carbocycles. The lowest BCUT2D eigenvalue weighted by atomic mass is 10.2. The van der Waals surface area contributed by atoms with Crippen molar-refractivity contribution in [2.24, 2.45) is 0 Å². The average Bonchev–Trinajstić information content (AvgIpc) is 2.60. The molecule has 0 aliphatic carbocycles. The summed E-state index contributed by atoms with van der Waals surface area (Å²) in [6.07, 6.45) is 2.67. The standard InChI is InChI=1S/C15H15N3O5S2/c1-10(19)24-9-13(20)11-3-5-14(16-7-11)18(25(21)22)12-4-6-15(23-2)17-8-12/h3-8H,9H2,1-2H3,(H,21,22). The Balaban J connectivity index is 2.23. The van der Waals surface area contributed by atoms with Crippen molar-refractivity contribution in [1.29, 1.82) is 0 Å². The third kappa shape index (κ3) is 5.08. The Morgan fingerprint density at radius 1 is 1.24 bits per heavy atom. The molecule has 8 nitrogen and oxygen atoms in total. The van der Waals surface area contributed by atoms with Gasteiger partial charge in [0.05, 0.1) is 24.7 Å². The molecule has 10 heteroatoms. The zero-order valence-electron chi connectivity index (χ0n) is 13.4. The van der Waals surface area contributed by atoms with Gasteiger partial charge in [0, 0.05) is 24.8 Å². The predicted molar refractivity (Wildman–Crippen MR) is 95.4 cm³/mol. The maximum atomic E-state index is 11.9. The highest BCUT2D eigenvalue weighted by molar-refractivity contribution is 8.14. The van der Waals surface area contributed by atoms with E-state index in [1.54, 1.807) is 12.1 Å². The minimum absolute atomic E-state index is 0.0222. The Labute approximate surface area is 151 Å². The van der Waals surface area contributed by atoms with Crippen LogP contribution in [0.5, 0.6) is 5.88 Å². The van der Waals surface area contributed by atoms with Crippen molar-refractivity contribution in [2.75, 3.05) is 17.2 Å². The van der Waals surface area contributed by atoms with Crippen LogP contribution >= 0.6 is 11.8 Å². The maximum Gasteiger partial charge on any atom is 0.267 e. The summed E-state index contributed by atoms with van der Waals surface area (Å²) in [7, 11) is 1.46. The van der Waals surface area contributed by atoms with E-state index in [1.165, 1.54) is 38.6 Å². The summed E-state index contributed by atoms with van der Waals surface area (Å²) in [6, 6.07) is 6.04. The Morgan fingerprint density at radius 3 is 2.48 bits per heavy atom. The van der Waals surface area contributed by atoms with Crippen molar-refractivity contribution in [3.63, 3.8) is 0 Å². The molecule has 0 aliphatic rings. The van der Waals surface area contributed by atoms with Crippen LogP contribution in [0.2, 0.25) is 0 Å². The van der Waals surface area contributed by atoms with Crippen LogP contribution in [-0.4, -0.2) is 42.5 Å². The van der Waals surface area contributed by atoms with Crippen molar-refractivity contribution in [3.05, 3.63) is 42.2 Å². The molecule has 132 valence electrons. The Hall–Kier alpha value is -2.30. The molecule has 1 atom stereocenters. The minimum atomic E-state index is -2.38. The van der Waals surface area contributed by atoms with Gasteiger partial charge in [0.15, 0.2) is 10.9 Å². The molecule has 2 heterocycles. The van der Waals surface area contributed by atoms with Crippen LogP contribution in [0.25, 0.3) is 0 Å². The topological polar surface area (TPSA) is 110 Å². The van der Waals surface area contributed by atoms with Gasteiger partial charge >= 0.3 is 0 Å². The first-order valence-corrected chi connectivity index (χ1v) is 9.01. The van der Waals surface area contributed by atoms with Gasteiger partial charge < -0.3 is 4.74 Å². The zero-order valence-corrected chi connectivity index (χ0v) is 15.0. The SMILES string of the molecule is COc1ccc(N(c2ccc(C(=O)CSC(C)=O)cn2)S(=O)O)cn1. The van der Waals surface area contributed by atoms with Gasteiger partial charge in [0.1, 0.15) is 5.82 Å². The van der Waals surface area contributed by atoms with Gasteiger partial charge in [-0.2, -0.15) is 0 Å². The third-order valence-electron chi connectivity index (χ3n) is 3.01. The molecular formula is C15H15N3O5S2. The number of aromatic nitrogens is 2. The van der Waals surface area contributed by atoms with Gasteiger partial charge in [-0.3, -0.25) is 14.1 Å². The number of anilines is 2. The molecule has 0 amide bonds. The molecule has 0 aromatic carbocycles. The fourth-order valence-electron chi connectivity index (χ4n) is 1.84. The lowest BCUT2D eigenvalue weighted by Crippen LogP contribution is -2.20. The van der Waals surface area contributed by atoms with Gasteiger partial charge in [-0.1, -0.05) is 11.8 Å². The first kappa shape index (κ1) is 19.0. The summed E-state index contributed by atoms with van der Waals surface area (Å²) in [5.41, 5.74) is 0.648. The molecule has 2 aromatic rings. The smallest absolute Gasteiger partial charge is 0.267 e. The second-order valence-electron chi connectivity index (χ2n) is 4.69. The average molecular weight is 381 g/mol. The predicted octanol–water partition coefficient (Wildman–Crippen LogP) is 2.22. The number of methoxy groups -OCH3 is 1. The van der Waals surface area contributed by atoms with Crippen molar-refractivity contribution < 1.29 is 23.1 Å². The summed E-state index contributed by atoms with van der Waals surface area (Å²) >= 11 is -1.47. The lowest BCUT2D eigenvalue weighted by Gasteiger charge is -2.18. The molecular weight excluding hydrogens is 366 g/mol. The second-order valence-corrected chi connectivity index (χ2v) is 6.67.